The minimum atomic E-state index is 0.00446. The maximum Gasteiger partial charge on any atom is 0.236 e. The first kappa shape index (κ1) is 14.4. The van der Waals surface area contributed by atoms with Gasteiger partial charge in [-0.3, -0.25) is 4.79 Å². The number of nitrogens with one attached hydrogen (secondary N) is 1. The predicted molar refractivity (Wildman–Crippen MR) is 64.9 cm³/mol. The maximum atomic E-state index is 11.8. The normalized spacial score (nSPS) is 13.7. The van der Waals surface area contributed by atoms with Crippen LogP contribution in [0.3, 0.4) is 0 Å². The van der Waals surface area contributed by atoms with Gasteiger partial charge in [0, 0.05) is 18.6 Å². The standard InChI is InChI=1S/C12H26N2O/c1-7-8-10(2)14(6)11(15)9-13-12(3,4)5/h10,13H,7-9H2,1-6H3. The van der Waals surface area contributed by atoms with Gasteiger partial charge in [0.25, 0.3) is 0 Å². The van der Waals surface area contributed by atoms with Gasteiger partial charge in [0.05, 0.1) is 6.54 Å². The van der Waals surface area contributed by atoms with Crippen LogP contribution in [0, 0.1) is 0 Å². The third-order valence-corrected chi connectivity index (χ3v) is 2.53. The lowest BCUT2D eigenvalue weighted by atomic mass is 10.1. The Morgan fingerprint density at radius 3 is 2.33 bits per heavy atom. The zero-order chi connectivity index (χ0) is 12.1. The first-order chi connectivity index (χ1) is 6.78. The van der Waals surface area contributed by atoms with Crippen molar-refractivity contribution in [2.24, 2.45) is 0 Å². The third kappa shape index (κ3) is 6.50. The first-order valence-corrected chi connectivity index (χ1v) is 5.78. The summed E-state index contributed by atoms with van der Waals surface area (Å²) in [6.07, 6.45) is 2.18. The molecule has 0 saturated heterocycles. The molecule has 0 rings (SSSR count). The molecule has 0 aromatic carbocycles. The smallest absolute Gasteiger partial charge is 0.236 e. The number of carbonyl (C=O) groups excluding carboxylic acids is 1. The molecule has 0 aliphatic rings. The second-order valence-electron chi connectivity index (χ2n) is 5.25. The van der Waals surface area contributed by atoms with Gasteiger partial charge in [-0.05, 0) is 34.1 Å². The molecule has 0 saturated carbocycles. The Morgan fingerprint density at radius 1 is 1.40 bits per heavy atom. The number of hydrogen-bond donors (Lipinski definition) is 1. The Kier molecular flexibility index (Phi) is 5.88. The van der Waals surface area contributed by atoms with Crippen LogP contribution in [-0.2, 0) is 4.79 Å². The Bertz CT molecular complexity index is 196. The van der Waals surface area contributed by atoms with Gasteiger partial charge < -0.3 is 10.2 Å². The van der Waals surface area contributed by atoms with Crippen molar-refractivity contribution in [2.75, 3.05) is 13.6 Å². The molecule has 0 aromatic rings. The van der Waals surface area contributed by atoms with Gasteiger partial charge in [0.1, 0.15) is 0 Å². The van der Waals surface area contributed by atoms with Gasteiger partial charge in [0.2, 0.25) is 5.91 Å². The van der Waals surface area contributed by atoms with Crippen LogP contribution >= 0.6 is 0 Å². The zero-order valence-electron chi connectivity index (χ0n) is 11.1. The van der Waals surface area contributed by atoms with E-state index in [0.717, 1.165) is 12.8 Å². The summed E-state index contributed by atoms with van der Waals surface area (Å²) in [5, 5.41) is 3.21. The average molecular weight is 214 g/mol. The quantitative estimate of drug-likeness (QED) is 0.759. The minimum absolute atomic E-state index is 0.00446. The van der Waals surface area contributed by atoms with E-state index in [4.69, 9.17) is 0 Å². The topological polar surface area (TPSA) is 32.3 Å². The van der Waals surface area contributed by atoms with Crippen molar-refractivity contribution < 1.29 is 4.79 Å². The summed E-state index contributed by atoms with van der Waals surface area (Å²) in [6.45, 7) is 10.9. The van der Waals surface area contributed by atoms with E-state index < -0.39 is 0 Å². The van der Waals surface area contributed by atoms with Gasteiger partial charge in [-0.1, -0.05) is 13.3 Å². The Hall–Kier alpha value is -0.570. The number of likely N-dealkylation sites (N-methyl/N-ethyl adjacent to an activating group) is 1. The van der Waals surface area contributed by atoms with Crippen molar-refractivity contribution in [2.45, 2.75) is 59.0 Å². The van der Waals surface area contributed by atoms with Gasteiger partial charge >= 0.3 is 0 Å². The fraction of sp³-hybridized carbons (Fsp3) is 0.917. The van der Waals surface area contributed by atoms with Crippen LogP contribution in [0.4, 0.5) is 0 Å². The summed E-state index contributed by atoms with van der Waals surface area (Å²) in [6, 6.07) is 0.337. The monoisotopic (exact) mass is 214 g/mol. The van der Waals surface area contributed by atoms with Crippen LogP contribution in [0.2, 0.25) is 0 Å². The summed E-state index contributed by atoms with van der Waals surface area (Å²) in [5.41, 5.74) is 0.00446. The van der Waals surface area contributed by atoms with E-state index in [0.29, 0.717) is 12.6 Å². The number of rotatable bonds is 5. The highest BCUT2D eigenvalue weighted by atomic mass is 16.2. The number of amides is 1. The third-order valence-electron chi connectivity index (χ3n) is 2.53. The lowest BCUT2D eigenvalue weighted by Crippen LogP contribution is -2.46. The predicted octanol–water partition coefficient (Wildman–Crippen LogP) is 2.02. The van der Waals surface area contributed by atoms with Gasteiger partial charge in [-0.2, -0.15) is 0 Å². The summed E-state index contributed by atoms with van der Waals surface area (Å²) in [7, 11) is 1.88. The molecular formula is C12H26N2O. The molecule has 0 aliphatic heterocycles. The molecular weight excluding hydrogens is 188 g/mol. The van der Waals surface area contributed by atoms with Crippen molar-refractivity contribution in [3.05, 3.63) is 0 Å². The highest BCUT2D eigenvalue weighted by molar-refractivity contribution is 5.78. The number of nitrogens with zero attached hydrogens (tertiary/aromatic N) is 1. The van der Waals surface area contributed by atoms with E-state index in [1.165, 1.54) is 0 Å². The molecule has 0 spiro atoms. The summed E-state index contributed by atoms with van der Waals surface area (Å²) in [5.74, 6) is 0.172. The van der Waals surface area contributed by atoms with Crippen LogP contribution in [-0.4, -0.2) is 36.0 Å². The highest BCUT2D eigenvalue weighted by Gasteiger charge is 2.17. The molecule has 0 bridgehead atoms. The lowest BCUT2D eigenvalue weighted by molar-refractivity contribution is -0.131. The van der Waals surface area contributed by atoms with Gasteiger partial charge in [-0.15, -0.1) is 0 Å². The van der Waals surface area contributed by atoms with Gasteiger partial charge in [0.15, 0.2) is 0 Å². The molecule has 0 fully saturated rings. The molecule has 3 heteroatoms. The Balaban J connectivity index is 3.99. The molecule has 90 valence electrons. The van der Waals surface area contributed by atoms with Crippen molar-refractivity contribution in [3.8, 4) is 0 Å². The van der Waals surface area contributed by atoms with Crippen LogP contribution in [0.25, 0.3) is 0 Å². The molecule has 1 N–H and O–H groups in total. The lowest BCUT2D eigenvalue weighted by Gasteiger charge is -2.27. The van der Waals surface area contributed by atoms with Crippen molar-refractivity contribution in [1.29, 1.82) is 0 Å². The minimum Gasteiger partial charge on any atom is -0.342 e. The first-order valence-electron chi connectivity index (χ1n) is 5.78. The van der Waals surface area contributed by atoms with E-state index in [-0.39, 0.29) is 11.4 Å². The molecule has 0 radical (unpaired) electrons. The summed E-state index contributed by atoms with van der Waals surface area (Å²) < 4.78 is 0. The molecule has 3 nitrogen and oxygen atoms in total. The van der Waals surface area contributed by atoms with E-state index in [2.05, 4.69) is 39.9 Å². The molecule has 15 heavy (non-hydrogen) atoms. The fourth-order valence-electron chi connectivity index (χ4n) is 1.32. The van der Waals surface area contributed by atoms with Gasteiger partial charge in [-0.25, -0.2) is 0 Å². The molecule has 0 aromatic heterocycles. The van der Waals surface area contributed by atoms with E-state index >= 15 is 0 Å². The SMILES string of the molecule is CCCC(C)N(C)C(=O)CNC(C)(C)C. The molecule has 0 aliphatic carbocycles. The highest BCUT2D eigenvalue weighted by Crippen LogP contribution is 2.04. The molecule has 1 unspecified atom stereocenters. The van der Waals surface area contributed by atoms with E-state index in [1.807, 2.05) is 11.9 Å². The van der Waals surface area contributed by atoms with Crippen molar-refractivity contribution in [1.82, 2.24) is 10.2 Å². The van der Waals surface area contributed by atoms with Crippen LogP contribution in [0.5, 0.6) is 0 Å². The van der Waals surface area contributed by atoms with E-state index in [1.54, 1.807) is 0 Å². The molecule has 1 atom stereocenters. The van der Waals surface area contributed by atoms with Crippen LogP contribution in [0.1, 0.15) is 47.5 Å². The maximum absolute atomic E-state index is 11.8. The second-order valence-corrected chi connectivity index (χ2v) is 5.25. The summed E-state index contributed by atoms with van der Waals surface area (Å²) >= 11 is 0. The fourth-order valence-corrected chi connectivity index (χ4v) is 1.32. The Morgan fingerprint density at radius 2 is 1.93 bits per heavy atom. The van der Waals surface area contributed by atoms with Crippen molar-refractivity contribution >= 4 is 5.91 Å². The largest absolute Gasteiger partial charge is 0.342 e. The Labute approximate surface area is 94.2 Å². The average Bonchev–Trinajstić information content (AvgIpc) is 2.12. The van der Waals surface area contributed by atoms with Crippen LogP contribution in [0.15, 0.2) is 0 Å². The second kappa shape index (κ2) is 6.11. The molecule has 1 amide bonds. The zero-order valence-corrected chi connectivity index (χ0v) is 11.1. The summed E-state index contributed by atoms with van der Waals surface area (Å²) in [4.78, 5) is 13.6. The van der Waals surface area contributed by atoms with Crippen LogP contribution < -0.4 is 5.32 Å². The number of carbonyl (C=O) groups is 1. The van der Waals surface area contributed by atoms with E-state index in [9.17, 15) is 4.79 Å². The van der Waals surface area contributed by atoms with Crippen molar-refractivity contribution in [3.63, 3.8) is 0 Å². The molecule has 0 heterocycles. The number of hydrogen-bond acceptors (Lipinski definition) is 2.